The highest BCUT2D eigenvalue weighted by atomic mass is 35.5. The minimum absolute atomic E-state index is 0.236. The molecule has 0 aromatic heterocycles. The standard InChI is InChI=1S/C23H24Cl2NOSi/c1-23(2,3)22(20-18(24)14-15-19(26)21(20)25)27-28(16-10-6-4-7-11-16)17-12-8-5-9-13-17/h4-15,22H,26H2,1-3H3. The summed E-state index contributed by atoms with van der Waals surface area (Å²) in [6.07, 6.45) is -0.315. The number of nitrogen functional groups attached to an aromatic ring is 1. The van der Waals surface area contributed by atoms with Crippen LogP contribution in [0.2, 0.25) is 10.0 Å². The third kappa shape index (κ3) is 4.61. The largest absolute Gasteiger partial charge is 0.400 e. The minimum atomic E-state index is -1.53. The van der Waals surface area contributed by atoms with Crippen LogP contribution in [0.5, 0.6) is 0 Å². The lowest BCUT2D eigenvalue weighted by atomic mass is 9.84. The first kappa shape index (κ1) is 20.9. The van der Waals surface area contributed by atoms with Gasteiger partial charge in [0.05, 0.1) is 16.8 Å². The van der Waals surface area contributed by atoms with Gasteiger partial charge in [-0.05, 0) is 27.9 Å². The number of halogens is 2. The topological polar surface area (TPSA) is 35.2 Å². The van der Waals surface area contributed by atoms with Gasteiger partial charge >= 0.3 is 0 Å². The Labute approximate surface area is 179 Å². The molecule has 0 aliphatic heterocycles. The van der Waals surface area contributed by atoms with E-state index in [1.54, 1.807) is 12.1 Å². The van der Waals surface area contributed by atoms with Crippen LogP contribution in [-0.4, -0.2) is 9.04 Å². The first-order valence-corrected chi connectivity index (χ1v) is 11.3. The van der Waals surface area contributed by atoms with Gasteiger partial charge in [-0.3, -0.25) is 0 Å². The van der Waals surface area contributed by atoms with Crippen LogP contribution in [0.15, 0.2) is 72.8 Å². The van der Waals surface area contributed by atoms with Gasteiger partial charge < -0.3 is 10.2 Å². The summed E-state index contributed by atoms with van der Waals surface area (Å²) in [5.74, 6) is 0. The van der Waals surface area contributed by atoms with Gasteiger partial charge in [-0.1, -0.05) is 105 Å². The molecule has 0 heterocycles. The number of anilines is 1. The van der Waals surface area contributed by atoms with Crippen LogP contribution in [0, 0.1) is 5.41 Å². The Morgan fingerprint density at radius 1 is 0.821 bits per heavy atom. The first-order chi connectivity index (χ1) is 13.3. The monoisotopic (exact) mass is 428 g/mol. The molecule has 3 rings (SSSR count). The van der Waals surface area contributed by atoms with E-state index in [1.807, 2.05) is 36.4 Å². The molecular formula is C23H24Cl2NOSi. The molecule has 2 N–H and O–H groups in total. The van der Waals surface area contributed by atoms with Crippen LogP contribution >= 0.6 is 23.2 Å². The lowest BCUT2D eigenvalue weighted by Gasteiger charge is -2.35. The Kier molecular flexibility index (Phi) is 6.51. The fourth-order valence-corrected chi connectivity index (χ4v) is 5.97. The zero-order valence-electron chi connectivity index (χ0n) is 16.2. The number of benzene rings is 3. The molecule has 28 heavy (non-hydrogen) atoms. The molecule has 0 fully saturated rings. The summed E-state index contributed by atoms with van der Waals surface area (Å²) in [7, 11) is -1.53. The molecule has 0 bridgehead atoms. The average Bonchev–Trinajstić information content (AvgIpc) is 2.68. The Bertz CT molecular complexity index is 887. The molecule has 0 amide bonds. The average molecular weight is 429 g/mol. The van der Waals surface area contributed by atoms with Crippen molar-refractivity contribution in [1.29, 1.82) is 0 Å². The SMILES string of the molecule is CC(C)(C)C(O[Si](c1ccccc1)c1ccccc1)c1c(Cl)ccc(N)c1Cl. The van der Waals surface area contributed by atoms with Crippen molar-refractivity contribution in [2.24, 2.45) is 5.41 Å². The maximum absolute atomic E-state index is 6.87. The number of hydrogen-bond donors (Lipinski definition) is 1. The maximum Gasteiger partial charge on any atom is 0.283 e. The van der Waals surface area contributed by atoms with Crippen molar-refractivity contribution in [3.05, 3.63) is 88.4 Å². The van der Waals surface area contributed by atoms with E-state index in [2.05, 4.69) is 45.0 Å². The summed E-state index contributed by atoms with van der Waals surface area (Å²) in [5.41, 5.74) is 7.11. The van der Waals surface area contributed by atoms with Crippen LogP contribution in [-0.2, 0) is 4.43 Å². The molecule has 1 radical (unpaired) electrons. The van der Waals surface area contributed by atoms with Crippen molar-refractivity contribution in [2.45, 2.75) is 26.9 Å². The van der Waals surface area contributed by atoms with Gasteiger partial charge in [-0.15, -0.1) is 0 Å². The predicted octanol–water partition coefficient (Wildman–Crippen LogP) is 5.49. The van der Waals surface area contributed by atoms with E-state index in [4.69, 9.17) is 33.4 Å². The second kappa shape index (κ2) is 8.71. The van der Waals surface area contributed by atoms with Crippen LogP contribution in [0.25, 0.3) is 0 Å². The molecule has 0 aliphatic carbocycles. The van der Waals surface area contributed by atoms with Crippen molar-refractivity contribution < 1.29 is 4.43 Å². The van der Waals surface area contributed by atoms with E-state index >= 15 is 0 Å². The molecule has 0 spiro atoms. The summed E-state index contributed by atoms with van der Waals surface area (Å²) in [4.78, 5) is 0. The van der Waals surface area contributed by atoms with E-state index in [1.165, 1.54) is 10.4 Å². The Balaban J connectivity index is 2.12. The fraction of sp³-hybridized carbons (Fsp3) is 0.217. The van der Waals surface area contributed by atoms with Crippen molar-refractivity contribution in [2.75, 3.05) is 5.73 Å². The summed E-state index contributed by atoms with van der Waals surface area (Å²) < 4.78 is 6.87. The van der Waals surface area contributed by atoms with Crippen molar-refractivity contribution in [3.63, 3.8) is 0 Å². The zero-order chi connectivity index (χ0) is 20.3. The first-order valence-electron chi connectivity index (χ1n) is 9.17. The van der Waals surface area contributed by atoms with Gasteiger partial charge in [0.2, 0.25) is 0 Å². The summed E-state index contributed by atoms with van der Waals surface area (Å²) in [6.45, 7) is 6.38. The van der Waals surface area contributed by atoms with Crippen molar-refractivity contribution in [1.82, 2.24) is 0 Å². The van der Waals surface area contributed by atoms with Gasteiger partial charge in [0, 0.05) is 10.6 Å². The quantitative estimate of drug-likeness (QED) is 0.430. The lowest BCUT2D eigenvalue weighted by Crippen LogP contribution is -2.47. The van der Waals surface area contributed by atoms with Gasteiger partial charge in [-0.25, -0.2) is 0 Å². The molecule has 1 unspecified atom stereocenters. The van der Waals surface area contributed by atoms with E-state index in [-0.39, 0.29) is 11.5 Å². The highest BCUT2D eigenvalue weighted by Crippen LogP contribution is 2.44. The molecule has 3 aromatic rings. The molecule has 1 atom stereocenters. The highest BCUT2D eigenvalue weighted by Gasteiger charge is 2.35. The van der Waals surface area contributed by atoms with E-state index in [0.29, 0.717) is 15.7 Å². The fourth-order valence-electron chi connectivity index (χ4n) is 3.09. The van der Waals surface area contributed by atoms with E-state index < -0.39 is 9.04 Å². The number of hydrogen-bond acceptors (Lipinski definition) is 2. The molecule has 0 saturated heterocycles. The number of nitrogens with two attached hydrogens (primary N) is 1. The Morgan fingerprint density at radius 3 is 1.79 bits per heavy atom. The van der Waals surface area contributed by atoms with Gasteiger partial charge in [0.15, 0.2) is 0 Å². The van der Waals surface area contributed by atoms with Gasteiger partial charge in [0.1, 0.15) is 0 Å². The highest BCUT2D eigenvalue weighted by molar-refractivity contribution is 6.80. The summed E-state index contributed by atoms with van der Waals surface area (Å²) >= 11 is 13.2. The predicted molar refractivity (Wildman–Crippen MR) is 122 cm³/mol. The lowest BCUT2D eigenvalue weighted by molar-refractivity contribution is 0.0899. The van der Waals surface area contributed by atoms with Gasteiger partial charge in [0.25, 0.3) is 9.04 Å². The molecule has 0 aliphatic rings. The van der Waals surface area contributed by atoms with Crippen LogP contribution < -0.4 is 16.1 Å². The molecule has 2 nitrogen and oxygen atoms in total. The van der Waals surface area contributed by atoms with Gasteiger partial charge in [-0.2, -0.15) is 0 Å². The second-order valence-electron chi connectivity index (χ2n) is 7.79. The zero-order valence-corrected chi connectivity index (χ0v) is 18.8. The molecule has 3 aromatic carbocycles. The molecule has 0 saturated carbocycles. The third-order valence-electron chi connectivity index (χ3n) is 4.51. The Hall–Kier alpha value is -1.78. The number of rotatable bonds is 5. The second-order valence-corrected chi connectivity index (χ2v) is 10.6. The Morgan fingerprint density at radius 2 is 1.32 bits per heavy atom. The van der Waals surface area contributed by atoms with Crippen LogP contribution in [0.4, 0.5) is 5.69 Å². The molecule has 5 heteroatoms. The smallest absolute Gasteiger partial charge is 0.283 e. The van der Waals surface area contributed by atoms with E-state index in [9.17, 15) is 0 Å². The van der Waals surface area contributed by atoms with Crippen molar-refractivity contribution >= 4 is 48.3 Å². The molecule has 145 valence electrons. The van der Waals surface area contributed by atoms with Crippen LogP contribution in [0.1, 0.15) is 32.4 Å². The summed E-state index contributed by atoms with van der Waals surface area (Å²) in [5, 5.41) is 3.38. The summed E-state index contributed by atoms with van der Waals surface area (Å²) in [6, 6.07) is 24.2. The van der Waals surface area contributed by atoms with E-state index in [0.717, 1.165) is 5.56 Å². The van der Waals surface area contributed by atoms with Crippen molar-refractivity contribution in [3.8, 4) is 0 Å². The maximum atomic E-state index is 6.87. The minimum Gasteiger partial charge on any atom is -0.400 e. The normalized spacial score (nSPS) is 12.9. The third-order valence-corrected chi connectivity index (χ3v) is 7.45. The van der Waals surface area contributed by atoms with Crippen LogP contribution in [0.3, 0.4) is 0 Å². The molecular weight excluding hydrogens is 405 g/mol.